The summed E-state index contributed by atoms with van der Waals surface area (Å²) in [6, 6.07) is 0. The summed E-state index contributed by atoms with van der Waals surface area (Å²) in [6.45, 7) is 2.53. The van der Waals surface area contributed by atoms with Crippen molar-refractivity contribution < 1.29 is 14.7 Å². The summed E-state index contributed by atoms with van der Waals surface area (Å²) in [4.78, 5) is 21.9. The minimum atomic E-state index is -0.867. The van der Waals surface area contributed by atoms with Crippen molar-refractivity contribution >= 4 is 11.9 Å². The lowest BCUT2D eigenvalue weighted by Gasteiger charge is -2.05. The number of unbranched alkanes of at least 4 members (excludes halogenated alkanes) is 19. The molecule has 0 atom stereocenters. The number of nitrogens with one attached hydrogen (secondary N) is 1. The Morgan fingerprint density at radius 2 is 0.867 bits per heavy atom. The first kappa shape index (κ1) is 28.9. The molecule has 0 radical (unpaired) electrons. The normalized spacial score (nSPS) is 11.0. The molecule has 0 aliphatic heterocycles. The van der Waals surface area contributed by atoms with Crippen LogP contribution < -0.4 is 5.32 Å². The highest BCUT2D eigenvalue weighted by atomic mass is 16.4. The van der Waals surface area contributed by atoms with Gasteiger partial charge in [0.25, 0.3) is 0 Å². The van der Waals surface area contributed by atoms with Crippen molar-refractivity contribution in [3.63, 3.8) is 0 Å². The van der Waals surface area contributed by atoms with Gasteiger partial charge >= 0.3 is 5.97 Å². The zero-order valence-electron chi connectivity index (χ0n) is 20.0. The van der Waals surface area contributed by atoms with Crippen LogP contribution in [0.4, 0.5) is 0 Å². The zero-order valence-corrected chi connectivity index (χ0v) is 20.0. The van der Waals surface area contributed by atoms with Crippen molar-refractivity contribution in [2.75, 3.05) is 6.54 Å². The number of amides is 1. The first-order chi connectivity index (χ1) is 14.7. The van der Waals surface area contributed by atoms with Crippen LogP contribution in [0.25, 0.3) is 0 Å². The largest absolute Gasteiger partial charge is 0.481 e. The predicted molar refractivity (Wildman–Crippen MR) is 128 cm³/mol. The van der Waals surface area contributed by atoms with E-state index in [1.165, 1.54) is 116 Å². The highest BCUT2D eigenvalue weighted by Crippen LogP contribution is 2.15. The summed E-state index contributed by atoms with van der Waals surface area (Å²) in [7, 11) is 0. The van der Waals surface area contributed by atoms with Gasteiger partial charge in [0.15, 0.2) is 0 Å². The predicted octanol–water partition coefficient (Wildman–Crippen LogP) is 7.79. The summed E-state index contributed by atoms with van der Waals surface area (Å²) in [5.41, 5.74) is 0. The SMILES string of the molecule is CCCCCCCCCCCCCCCCCCCCCCC(=O)NCCC(=O)O. The highest BCUT2D eigenvalue weighted by Gasteiger charge is 2.02. The molecule has 4 nitrogen and oxygen atoms in total. The number of carbonyl (C=O) groups excluding carboxylic acids is 1. The molecule has 0 aromatic heterocycles. The van der Waals surface area contributed by atoms with Gasteiger partial charge in [0.05, 0.1) is 6.42 Å². The Bertz CT molecular complexity index is 384. The Labute approximate surface area is 187 Å². The molecule has 30 heavy (non-hydrogen) atoms. The van der Waals surface area contributed by atoms with E-state index in [0.717, 1.165) is 12.8 Å². The van der Waals surface area contributed by atoms with E-state index < -0.39 is 5.97 Å². The van der Waals surface area contributed by atoms with Gasteiger partial charge < -0.3 is 10.4 Å². The first-order valence-corrected chi connectivity index (χ1v) is 13.1. The topological polar surface area (TPSA) is 66.4 Å². The number of hydrogen-bond donors (Lipinski definition) is 2. The van der Waals surface area contributed by atoms with Crippen molar-refractivity contribution in [3.8, 4) is 0 Å². The van der Waals surface area contributed by atoms with Crippen LogP contribution in [0.15, 0.2) is 0 Å². The standard InChI is InChI=1S/C26H51NO3/c1-2-3-4-5-6-7-8-9-10-11-12-13-14-15-16-17-18-19-20-21-22-25(28)27-24-23-26(29)30/h2-24H2,1H3,(H,27,28)(H,29,30). The molecule has 0 unspecified atom stereocenters. The molecule has 0 aromatic rings. The van der Waals surface area contributed by atoms with Crippen LogP contribution in [0.5, 0.6) is 0 Å². The number of rotatable bonds is 24. The summed E-state index contributed by atoms with van der Waals surface area (Å²) in [5.74, 6) is -0.882. The fourth-order valence-electron chi connectivity index (χ4n) is 3.94. The Morgan fingerprint density at radius 1 is 0.533 bits per heavy atom. The fraction of sp³-hybridized carbons (Fsp3) is 0.923. The second-order valence-electron chi connectivity index (χ2n) is 8.96. The molecule has 0 rings (SSSR count). The molecular weight excluding hydrogens is 374 g/mol. The summed E-state index contributed by atoms with van der Waals surface area (Å²) in [5, 5.41) is 11.2. The highest BCUT2D eigenvalue weighted by molar-refractivity contribution is 5.76. The molecule has 0 aliphatic rings. The average molecular weight is 426 g/mol. The number of aliphatic carboxylic acids is 1. The fourth-order valence-corrected chi connectivity index (χ4v) is 3.94. The molecule has 0 fully saturated rings. The minimum absolute atomic E-state index is 0.00495. The Kier molecular flexibility index (Phi) is 23.4. The zero-order chi connectivity index (χ0) is 22.1. The van der Waals surface area contributed by atoms with Crippen molar-refractivity contribution in [2.45, 2.75) is 148 Å². The minimum Gasteiger partial charge on any atom is -0.481 e. The third-order valence-electron chi connectivity index (χ3n) is 5.92. The lowest BCUT2D eigenvalue weighted by atomic mass is 10.0. The van der Waals surface area contributed by atoms with Crippen LogP contribution in [0.1, 0.15) is 148 Å². The molecule has 1 amide bonds. The second-order valence-corrected chi connectivity index (χ2v) is 8.96. The average Bonchev–Trinajstić information content (AvgIpc) is 2.72. The maximum atomic E-state index is 11.5. The van der Waals surface area contributed by atoms with Gasteiger partial charge in [0, 0.05) is 13.0 Å². The van der Waals surface area contributed by atoms with E-state index in [2.05, 4.69) is 12.2 Å². The lowest BCUT2D eigenvalue weighted by molar-refractivity contribution is -0.136. The molecule has 0 spiro atoms. The van der Waals surface area contributed by atoms with Crippen molar-refractivity contribution in [1.82, 2.24) is 5.32 Å². The molecular formula is C26H51NO3. The molecule has 0 heterocycles. The van der Waals surface area contributed by atoms with Gasteiger partial charge in [0.2, 0.25) is 5.91 Å². The van der Waals surface area contributed by atoms with Gasteiger partial charge in [-0.1, -0.05) is 129 Å². The first-order valence-electron chi connectivity index (χ1n) is 13.1. The Balaban J connectivity index is 3.09. The van der Waals surface area contributed by atoms with E-state index >= 15 is 0 Å². The second kappa shape index (κ2) is 24.2. The van der Waals surface area contributed by atoms with Crippen LogP contribution in [0.2, 0.25) is 0 Å². The summed E-state index contributed by atoms with van der Waals surface area (Å²) >= 11 is 0. The maximum absolute atomic E-state index is 11.5. The van der Waals surface area contributed by atoms with Crippen molar-refractivity contribution in [1.29, 1.82) is 0 Å². The van der Waals surface area contributed by atoms with Crippen LogP contribution in [0, 0.1) is 0 Å². The smallest absolute Gasteiger partial charge is 0.305 e. The van der Waals surface area contributed by atoms with E-state index in [1.54, 1.807) is 0 Å². The number of carbonyl (C=O) groups is 2. The third kappa shape index (κ3) is 25.0. The van der Waals surface area contributed by atoms with Gasteiger partial charge in [-0.3, -0.25) is 9.59 Å². The van der Waals surface area contributed by atoms with Gasteiger partial charge in [-0.2, -0.15) is 0 Å². The quantitative estimate of drug-likeness (QED) is 0.155. The van der Waals surface area contributed by atoms with E-state index in [4.69, 9.17) is 5.11 Å². The molecule has 4 heteroatoms. The van der Waals surface area contributed by atoms with E-state index in [-0.39, 0.29) is 18.9 Å². The maximum Gasteiger partial charge on any atom is 0.305 e. The molecule has 0 saturated carbocycles. The molecule has 0 bridgehead atoms. The van der Waals surface area contributed by atoms with Crippen LogP contribution >= 0.6 is 0 Å². The summed E-state index contributed by atoms with van der Waals surface area (Å²) in [6.07, 6.45) is 27.6. The molecule has 178 valence electrons. The summed E-state index contributed by atoms with van der Waals surface area (Å²) < 4.78 is 0. The molecule has 0 aliphatic carbocycles. The van der Waals surface area contributed by atoms with Gasteiger partial charge in [-0.05, 0) is 6.42 Å². The third-order valence-corrected chi connectivity index (χ3v) is 5.92. The van der Waals surface area contributed by atoms with Crippen LogP contribution in [-0.2, 0) is 9.59 Å². The van der Waals surface area contributed by atoms with Gasteiger partial charge in [-0.25, -0.2) is 0 Å². The molecule has 0 saturated heterocycles. The van der Waals surface area contributed by atoms with Gasteiger partial charge in [-0.15, -0.1) is 0 Å². The number of carboxylic acids is 1. The van der Waals surface area contributed by atoms with Crippen LogP contribution in [0.3, 0.4) is 0 Å². The Morgan fingerprint density at radius 3 is 1.20 bits per heavy atom. The molecule has 0 aromatic carbocycles. The van der Waals surface area contributed by atoms with E-state index in [0.29, 0.717) is 6.42 Å². The van der Waals surface area contributed by atoms with E-state index in [9.17, 15) is 9.59 Å². The number of hydrogen-bond acceptors (Lipinski definition) is 2. The van der Waals surface area contributed by atoms with Crippen molar-refractivity contribution in [2.24, 2.45) is 0 Å². The van der Waals surface area contributed by atoms with E-state index in [1.807, 2.05) is 0 Å². The lowest BCUT2D eigenvalue weighted by Crippen LogP contribution is -2.25. The molecule has 2 N–H and O–H groups in total. The number of carboxylic acid groups (broad SMARTS) is 1. The van der Waals surface area contributed by atoms with Crippen molar-refractivity contribution in [3.05, 3.63) is 0 Å². The Hall–Kier alpha value is -1.06. The monoisotopic (exact) mass is 425 g/mol. The van der Waals surface area contributed by atoms with Crippen LogP contribution in [-0.4, -0.2) is 23.5 Å². The van der Waals surface area contributed by atoms with Gasteiger partial charge in [0.1, 0.15) is 0 Å².